The summed E-state index contributed by atoms with van der Waals surface area (Å²) in [7, 11) is 0.924. The average Bonchev–Trinajstić information content (AvgIpc) is 2.14. The van der Waals surface area contributed by atoms with Gasteiger partial charge in [-0.1, -0.05) is 11.6 Å². The minimum absolute atomic E-state index is 0.506. The Morgan fingerprint density at radius 3 is 2.43 bits per heavy atom. The van der Waals surface area contributed by atoms with Crippen LogP contribution >= 0.6 is 11.6 Å². The minimum Gasteiger partial charge on any atom is -0.465 e. The van der Waals surface area contributed by atoms with Crippen LogP contribution in [0.3, 0.4) is 0 Å². The van der Waals surface area contributed by atoms with Crippen LogP contribution in [0.4, 0.5) is 13.2 Å². The molecule has 0 unspecified atom stereocenters. The molecule has 0 aliphatic rings. The van der Waals surface area contributed by atoms with Crippen molar-refractivity contribution in [3.63, 3.8) is 0 Å². The van der Waals surface area contributed by atoms with Crippen LogP contribution in [-0.4, -0.2) is 13.1 Å². The van der Waals surface area contributed by atoms with E-state index in [1.807, 2.05) is 0 Å². The van der Waals surface area contributed by atoms with Crippen molar-refractivity contribution in [1.82, 2.24) is 0 Å². The summed E-state index contributed by atoms with van der Waals surface area (Å²) in [6.45, 7) is 0. The lowest BCUT2D eigenvalue weighted by atomic mass is 10.2. The molecule has 0 N–H and O–H groups in total. The third kappa shape index (κ3) is 1.68. The number of hydrogen-bond acceptors (Lipinski definition) is 2. The molecule has 0 aromatic heterocycles. The van der Waals surface area contributed by atoms with E-state index in [1.54, 1.807) is 0 Å². The average molecular weight is 225 g/mol. The highest BCUT2D eigenvalue weighted by Crippen LogP contribution is 2.23. The van der Waals surface area contributed by atoms with Gasteiger partial charge in [0.1, 0.15) is 11.4 Å². The summed E-state index contributed by atoms with van der Waals surface area (Å²) in [4.78, 5) is 10.8. The van der Waals surface area contributed by atoms with Gasteiger partial charge in [0.15, 0.2) is 11.6 Å². The summed E-state index contributed by atoms with van der Waals surface area (Å²) < 4.78 is 42.7. The number of carbonyl (C=O) groups is 1. The molecule has 14 heavy (non-hydrogen) atoms. The molecule has 1 aromatic carbocycles. The van der Waals surface area contributed by atoms with Gasteiger partial charge in [0.05, 0.1) is 12.1 Å². The predicted octanol–water partition coefficient (Wildman–Crippen LogP) is 2.54. The molecule has 2 nitrogen and oxygen atoms in total. The van der Waals surface area contributed by atoms with Gasteiger partial charge in [-0.3, -0.25) is 0 Å². The molecule has 1 aromatic rings. The standard InChI is InChI=1S/C8H4ClF3O2/c1-14-8(13)5-4(10)2-3(9)6(11)7(5)12/h2H,1H3. The van der Waals surface area contributed by atoms with Gasteiger partial charge in [0.2, 0.25) is 0 Å². The number of halogens is 4. The first-order valence-corrected chi connectivity index (χ1v) is 3.78. The third-order valence-electron chi connectivity index (χ3n) is 1.50. The van der Waals surface area contributed by atoms with Gasteiger partial charge in [-0.25, -0.2) is 18.0 Å². The highest BCUT2D eigenvalue weighted by molar-refractivity contribution is 6.30. The largest absolute Gasteiger partial charge is 0.465 e. The highest BCUT2D eigenvalue weighted by atomic mass is 35.5. The van der Waals surface area contributed by atoms with Gasteiger partial charge >= 0.3 is 5.97 Å². The van der Waals surface area contributed by atoms with Crippen molar-refractivity contribution in [2.75, 3.05) is 7.11 Å². The number of ether oxygens (including phenoxy) is 1. The van der Waals surface area contributed by atoms with Crippen LogP contribution in [0.25, 0.3) is 0 Å². The Balaban J connectivity index is 3.44. The summed E-state index contributed by atoms with van der Waals surface area (Å²) in [6.07, 6.45) is 0. The number of carbonyl (C=O) groups excluding carboxylic acids is 1. The lowest BCUT2D eigenvalue weighted by molar-refractivity contribution is 0.0588. The SMILES string of the molecule is COC(=O)c1c(F)cc(Cl)c(F)c1F. The Hall–Kier alpha value is -1.23. The molecular weight excluding hydrogens is 221 g/mol. The van der Waals surface area contributed by atoms with Crippen LogP contribution in [0, 0.1) is 17.5 Å². The van der Waals surface area contributed by atoms with E-state index in [2.05, 4.69) is 4.74 Å². The number of rotatable bonds is 1. The fourth-order valence-corrected chi connectivity index (χ4v) is 1.03. The van der Waals surface area contributed by atoms with Crippen LogP contribution in [0.5, 0.6) is 0 Å². The molecule has 76 valence electrons. The van der Waals surface area contributed by atoms with Crippen molar-refractivity contribution in [1.29, 1.82) is 0 Å². The van der Waals surface area contributed by atoms with E-state index in [0.29, 0.717) is 6.07 Å². The van der Waals surface area contributed by atoms with Crippen molar-refractivity contribution in [3.05, 3.63) is 34.1 Å². The molecule has 0 spiro atoms. The zero-order valence-corrected chi connectivity index (χ0v) is 7.66. The fourth-order valence-electron chi connectivity index (χ4n) is 0.855. The molecule has 0 saturated heterocycles. The van der Waals surface area contributed by atoms with Gasteiger partial charge in [0.25, 0.3) is 0 Å². The van der Waals surface area contributed by atoms with Crippen molar-refractivity contribution in [2.24, 2.45) is 0 Å². The number of benzene rings is 1. The first kappa shape index (κ1) is 10.8. The van der Waals surface area contributed by atoms with Crippen LogP contribution < -0.4 is 0 Å². The first-order chi connectivity index (χ1) is 6.49. The lowest BCUT2D eigenvalue weighted by Crippen LogP contribution is -2.09. The monoisotopic (exact) mass is 224 g/mol. The molecule has 0 atom stereocenters. The summed E-state index contributed by atoms with van der Waals surface area (Å²) in [6, 6.07) is 0.506. The van der Waals surface area contributed by atoms with Crippen LogP contribution in [0.15, 0.2) is 6.07 Å². The third-order valence-corrected chi connectivity index (χ3v) is 1.78. The van der Waals surface area contributed by atoms with E-state index in [-0.39, 0.29) is 0 Å². The van der Waals surface area contributed by atoms with Crippen molar-refractivity contribution in [2.45, 2.75) is 0 Å². The molecular formula is C8H4ClF3O2. The van der Waals surface area contributed by atoms with E-state index in [9.17, 15) is 18.0 Å². The summed E-state index contributed by atoms with van der Waals surface area (Å²) in [5, 5.41) is -0.729. The van der Waals surface area contributed by atoms with Crippen molar-refractivity contribution >= 4 is 17.6 Å². The molecule has 0 bridgehead atoms. The molecule has 0 amide bonds. The van der Waals surface area contributed by atoms with E-state index < -0.39 is 34.0 Å². The Kier molecular flexibility index (Phi) is 3.00. The smallest absolute Gasteiger partial charge is 0.343 e. The quantitative estimate of drug-likeness (QED) is 0.416. The van der Waals surface area contributed by atoms with Crippen LogP contribution in [-0.2, 0) is 4.74 Å². The second kappa shape index (κ2) is 3.88. The summed E-state index contributed by atoms with van der Waals surface area (Å²) >= 11 is 5.13. The Bertz CT molecular complexity index is 393. The molecule has 0 radical (unpaired) electrons. The molecule has 0 aliphatic carbocycles. The van der Waals surface area contributed by atoms with Crippen LogP contribution in [0.1, 0.15) is 10.4 Å². The number of esters is 1. The van der Waals surface area contributed by atoms with E-state index >= 15 is 0 Å². The lowest BCUT2D eigenvalue weighted by Gasteiger charge is -2.04. The topological polar surface area (TPSA) is 26.3 Å². The summed E-state index contributed by atoms with van der Waals surface area (Å²) in [5.41, 5.74) is -1.09. The van der Waals surface area contributed by atoms with Crippen molar-refractivity contribution < 1.29 is 22.7 Å². The second-order valence-electron chi connectivity index (χ2n) is 2.33. The number of hydrogen-bond donors (Lipinski definition) is 0. The van der Waals surface area contributed by atoms with E-state index in [4.69, 9.17) is 11.6 Å². The maximum Gasteiger partial charge on any atom is 0.343 e. The van der Waals surface area contributed by atoms with Gasteiger partial charge in [-0.15, -0.1) is 0 Å². The zero-order chi connectivity index (χ0) is 10.9. The second-order valence-corrected chi connectivity index (χ2v) is 2.74. The molecule has 0 heterocycles. The molecule has 6 heteroatoms. The van der Waals surface area contributed by atoms with Crippen LogP contribution in [0.2, 0.25) is 5.02 Å². The first-order valence-electron chi connectivity index (χ1n) is 3.40. The zero-order valence-electron chi connectivity index (χ0n) is 6.91. The van der Waals surface area contributed by atoms with E-state index in [1.165, 1.54) is 0 Å². The molecule has 1 rings (SSSR count). The normalized spacial score (nSPS) is 10.1. The number of methoxy groups -OCH3 is 1. The molecule has 0 fully saturated rings. The fraction of sp³-hybridized carbons (Fsp3) is 0.125. The Labute approximate surface area is 82.2 Å². The maximum absolute atomic E-state index is 13.0. The van der Waals surface area contributed by atoms with Gasteiger partial charge in [0, 0.05) is 0 Å². The molecule has 0 saturated carbocycles. The highest BCUT2D eigenvalue weighted by Gasteiger charge is 2.23. The molecule has 0 aliphatic heterocycles. The Morgan fingerprint density at radius 1 is 1.36 bits per heavy atom. The predicted molar refractivity (Wildman–Crippen MR) is 42.7 cm³/mol. The van der Waals surface area contributed by atoms with Crippen molar-refractivity contribution in [3.8, 4) is 0 Å². The van der Waals surface area contributed by atoms with Gasteiger partial charge in [-0.05, 0) is 6.07 Å². The van der Waals surface area contributed by atoms with E-state index in [0.717, 1.165) is 7.11 Å². The minimum atomic E-state index is -1.65. The maximum atomic E-state index is 13.0. The van der Waals surface area contributed by atoms with Gasteiger partial charge < -0.3 is 4.74 Å². The Morgan fingerprint density at radius 2 is 1.93 bits per heavy atom. The van der Waals surface area contributed by atoms with Gasteiger partial charge in [-0.2, -0.15) is 0 Å². The summed E-state index contributed by atoms with van der Waals surface area (Å²) in [5.74, 6) is -5.69.